The Labute approximate surface area is 57.7 Å². The quantitative estimate of drug-likeness (QED) is 0.556. The molecule has 0 radical (unpaired) electrons. The lowest BCUT2D eigenvalue weighted by Crippen LogP contribution is -2.11. The van der Waals surface area contributed by atoms with E-state index in [1.54, 1.807) is 0 Å². The van der Waals surface area contributed by atoms with Crippen molar-refractivity contribution in [3.63, 3.8) is 0 Å². The lowest BCUT2D eigenvalue weighted by molar-refractivity contribution is 0.348. The first-order chi connectivity index (χ1) is 4.09. The molecule has 0 saturated carbocycles. The van der Waals surface area contributed by atoms with E-state index in [-0.39, 0.29) is 5.92 Å². The van der Waals surface area contributed by atoms with Gasteiger partial charge in [0.25, 0.3) is 0 Å². The molecule has 0 N–H and O–H groups in total. The van der Waals surface area contributed by atoms with Crippen LogP contribution < -0.4 is 0 Å². The van der Waals surface area contributed by atoms with Gasteiger partial charge in [-0.15, -0.1) is 0 Å². The Balaban J connectivity index is 3.76. The first-order valence-corrected chi connectivity index (χ1v) is 3.49. The number of nitriles is 1. The molecule has 0 heterocycles. The highest BCUT2D eigenvalue weighted by atomic mass is 14.3. The standard InChI is InChI=1S/C8H15N/c1-6(2)8(4)7(3)5-9/h6-8H,1-4H3/t7-,8-/m0/s1. The second kappa shape index (κ2) is 3.50. The third-order valence-corrected chi connectivity index (χ3v) is 2.04. The van der Waals surface area contributed by atoms with Crippen LogP contribution in [0.1, 0.15) is 27.7 Å². The van der Waals surface area contributed by atoms with E-state index in [4.69, 9.17) is 5.26 Å². The van der Waals surface area contributed by atoms with E-state index < -0.39 is 0 Å². The zero-order valence-electron chi connectivity index (χ0n) is 6.68. The maximum atomic E-state index is 8.50. The molecule has 0 amide bonds. The molecule has 0 unspecified atom stereocenters. The molecule has 0 fully saturated rings. The molecule has 0 saturated heterocycles. The van der Waals surface area contributed by atoms with E-state index in [9.17, 15) is 0 Å². The molecule has 0 aromatic carbocycles. The van der Waals surface area contributed by atoms with Crippen molar-refractivity contribution in [2.24, 2.45) is 17.8 Å². The van der Waals surface area contributed by atoms with E-state index >= 15 is 0 Å². The Bertz CT molecular complexity index is 110. The zero-order chi connectivity index (χ0) is 7.44. The highest BCUT2D eigenvalue weighted by Gasteiger charge is 2.13. The minimum absolute atomic E-state index is 0.199. The Kier molecular flexibility index (Phi) is 3.30. The van der Waals surface area contributed by atoms with Gasteiger partial charge in [-0.1, -0.05) is 20.8 Å². The van der Waals surface area contributed by atoms with Crippen LogP contribution in [0.3, 0.4) is 0 Å². The SMILES string of the molecule is CC(C)[C@H](C)[C@@H](C)C#N. The first kappa shape index (κ1) is 8.49. The van der Waals surface area contributed by atoms with E-state index in [1.165, 1.54) is 0 Å². The third kappa shape index (κ3) is 2.51. The van der Waals surface area contributed by atoms with Crippen molar-refractivity contribution in [3.05, 3.63) is 0 Å². The molecule has 0 aliphatic rings. The van der Waals surface area contributed by atoms with Crippen molar-refractivity contribution >= 4 is 0 Å². The van der Waals surface area contributed by atoms with Crippen LogP contribution in [0, 0.1) is 29.1 Å². The van der Waals surface area contributed by atoms with Gasteiger partial charge >= 0.3 is 0 Å². The summed E-state index contributed by atoms with van der Waals surface area (Å²) < 4.78 is 0. The Morgan fingerprint density at radius 2 is 1.56 bits per heavy atom. The Morgan fingerprint density at radius 1 is 1.11 bits per heavy atom. The number of hydrogen-bond acceptors (Lipinski definition) is 1. The predicted octanol–water partition coefficient (Wildman–Crippen LogP) is 2.44. The summed E-state index contributed by atoms with van der Waals surface area (Å²) in [5, 5.41) is 8.50. The summed E-state index contributed by atoms with van der Waals surface area (Å²) in [7, 11) is 0. The fourth-order valence-corrected chi connectivity index (χ4v) is 0.695. The summed E-state index contributed by atoms with van der Waals surface area (Å²) in [6.07, 6.45) is 0. The first-order valence-electron chi connectivity index (χ1n) is 3.49. The van der Waals surface area contributed by atoms with Crippen LogP contribution in [-0.2, 0) is 0 Å². The molecule has 0 rings (SSSR count). The van der Waals surface area contributed by atoms with Crippen LogP contribution in [0.25, 0.3) is 0 Å². The van der Waals surface area contributed by atoms with Gasteiger partial charge in [-0.05, 0) is 18.8 Å². The normalized spacial score (nSPS) is 16.9. The van der Waals surface area contributed by atoms with Crippen molar-refractivity contribution in [1.82, 2.24) is 0 Å². The molecule has 0 aliphatic heterocycles. The van der Waals surface area contributed by atoms with Crippen LogP contribution in [-0.4, -0.2) is 0 Å². The molecule has 52 valence electrons. The maximum absolute atomic E-state index is 8.50. The van der Waals surface area contributed by atoms with Gasteiger partial charge in [-0.3, -0.25) is 0 Å². The van der Waals surface area contributed by atoms with Crippen molar-refractivity contribution in [2.75, 3.05) is 0 Å². The van der Waals surface area contributed by atoms with Crippen molar-refractivity contribution in [3.8, 4) is 6.07 Å². The summed E-state index contributed by atoms with van der Waals surface area (Å²) in [5.41, 5.74) is 0. The number of hydrogen-bond donors (Lipinski definition) is 0. The predicted molar refractivity (Wildman–Crippen MR) is 38.8 cm³/mol. The largest absolute Gasteiger partial charge is 0.198 e. The van der Waals surface area contributed by atoms with Gasteiger partial charge in [0, 0.05) is 5.92 Å². The van der Waals surface area contributed by atoms with Crippen molar-refractivity contribution < 1.29 is 0 Å². The minimum atomic E-state index is 0.199. The average molecular weight is 125 g/mol. The molecule has 2 atom stereocenters. The van der Waals surface area contributed by atoms with Gasteiger partial charge < -0.3 is 0 Å². The van der Waals surface area contributed by atoms with Gasteiger partial charge in [-0.2, -0.15) is 5.26 Å². The summed E-state index contributed by atoms with van der Waals surface area (Å²) in [5.74, 6) is 1.35. The fourth-order valence-electron chi connectivity index (χ4n) is 0.695. The van der Waals surface area contributed by atoms with Crippen molar-refractivity contribution in [1.29, 1.82) is 5.26 Å². The Morgan fingerprint density at radius 3 is 1.67 bits per heavy atom. The molecule has 0 bridgehead atoms. The van der Waals surface area contributed by atoms with Crippen LogP contribution in [0.15, 0.2) is 0 Å². The highest BCUT2D eigenvalue weighted by molar-refractivity contribution is 4.83. The lowest BCUT2D eigenvalue weighted by atomic mass is 9.87. The van der Waals surface area contributed by atoms with E-state index in [0.717, 1.165) is 0 Å². The van der Waals surface area contributed by atoms with Crippen LogP contribution in [0.2, 0.25) is 0 Å². The molecule has 0 aliphatic carbocycles. The van der Waals surface area contributed by atoms with Gasteiger partial charge in [0.1, 0.15) is 0 Å². The van der Waals surface area contributed by atoms with E-state index in [0.29, 0.717) is 11.8 Å². The van der Waals surface area contributed by atoms with Gasteiger partial charge in [0.2, 0.25) is 0 Å². The summed E-state index contributed by atoms with van der Waals surface area (Å²) in [4.78, 5) is 0. The zero-order valence-corrected chi connectivity index (χ0v) is 6.68. The minimum Gasteiger partial charge on any atom is -0.198 e. The third-order valence-electron chi connectivity index (χ3n) is 2.04. The van der Waals surface area contributed by atoms with Crippen LogP contribution in [0.4, 0.5) is 0 Å². The molecule has 1 heteroatoms. The van der Waals surface area contributed by atoms with Gasteiger partial charge in [0.05, 0.1) is 6.07 Å². The molecular formula is C8H15N. The second-order valence-electron chi connectivity index (χ2n) is 3.02. The van der Waals surface area contributed by atoms with Crippen LogP contribution >= 0.6 is 0 Å². The molecule has 0 aromatic rings. The highest BCUT2D eigenvalue weighted by Crippen LogP contribution is 2.18. The monoisotopic (exact) mass is 125 g/mol. The lowest BCUT2D eigenvalue weighted by Gasteiger charge is -2.16. The summed E-state index contributed by atoms with van der Waals surface area (Å²) in [6.45, 7) is 8.40. The average Bonchev–Trinajstić information content (AvgIpc) is 1.84. The second-order valence-corrected chi connectivity index (χ2v) is 3.02. The summed E-state index contributed by atoms with van der Waals surface area (Å²) in [6, 6.07) is 2.25. The molecule has 1 nitrogen and oxygen atoms in total. The van der Waals surface area contributed by atoms with Gasteiger partial charge in [0.15, 0.2) is 0 Å². The molecule has 0 aromatic heterocycles. The number of rotatable bonds is 2. The van der Waals surface area contributed by atoms with Crippen LogP contribution in [0.5, 0.6) is 0 Å². The Hall–Kier alpha value is -0.510. The van der Waals surface area contributed by atoms with Crippen molar-refractivity contribution in [2.45, 2.75) is 27.7 Å². The van der Waals surface area contributed by atoms with E-state index in [1.807, 2.05) is 6.92 Å². The fraction of sp³-hybridized carbons (Fsp3) is 0.875. The van der Waals surface area contributed by atoms with Gasteiger partial charge in [-0.25, -0.2) is 0 Å². The number of nitrogens with zero attached hydrogens (tertiary/aromatic N) is 1. The molecule has 0 spiro atoms. The topological polar surface area (TPSA) is 23.8 Å². The summed E-state index contributed by atoms with van der Waals surface area (Å²) >= 11 is 0. The molecular weight excluding hydrogens is 110 g/mol. The van der Waals surface area contributed by atoms with E-state index in [2.05, 4.69) is 26.8 Å². The molecule has 9 heavy (non-hydrogen) atoms. The smallest absolute Gasteiger partial charge is 0.0655 e. The maximum Gasteiger partial charge on any atom is 0.0655 e.